The molecule has 412 valence electrons. The highest BCUT2D eigenvalue weighted by molar-refractivity contribution is 5.72. The number of allylic oxidation sites excluding steroid dienone is 2. The van der Waals surface area contributed by atoms with Gasteiger partial charge in [-0.2, -0.15) is 0 Å². The van der Waals surface area contributed by atoms with Crippen molar-refractivity contribution < 1.29 is 33.3 Å². The molecular formula is C62H122O7. The van der Waals surface area contributed by atoms with Gasteiger partial charge in [0.25, 0.3) is 0 Å². The molecule has 0 bridgehead atoms. The maximum Gasteiger partial charge on any atom is 0.306 e. The Labute approximate surface area is 431 Å². The van der Waals surface area contributed by atoms with Crippen LogP contribution < -0.4 is 0 Å². The minimum atomic E-state index is -0.467. The number of unbranched alkanes of at least 4 members (excludes halogenated alkanes) is 18. The predicted octanol–water partition coefficient (Wildman–Crippen LogP) is 20.1. The van der Waals surface area contributed by atoms with Crippen LogP contribution in [-0.2, 0) is 33.3 Å². The van der Waals surface area contributed by atoms with E-state index in [-0.39, 0.29) is 37.4 Å². The summed E-state index contributed by atoms with van der Waals surface area (Å²) in [6.07, 6.45) is 42.1. The van der Waals surface area contributed by atoms with Crippen LogP contribution in [0.1, 0.15) is 327 Å². The molecular weight excluding hydrogens is 857 g/mol. The Morgan fingerprint density at radius 2 is 0.754 bits per heavy atom. The van der Waals surface area contributed by atoms with Gasteiger partial charge in [-0.15, -0.1) is 0 Å². The molecule has 0 aromatic rings. The summed E-state index contributed by atoms with van der Waals surface area (Å²) in [5.74, 6) is 2.19. The van der Waals surface area contributed by atoms with Crippen molar-refractivity contribution >= 4 is 17.9 Å². The van der Waals surface area contributed by atoms with Crippen LogP contribution in [-0.4, -0.2) is 43.8 Å². The fourth-order valence-corrected chi connectivity index (χ4v) is 8.08. The van der Waals surface area contributed by atoms with Gasteiger partial charge in [0.2, 0.25) is 0 Å². The monoisotopic (exact) mass is 979 g/mol. The molecule has 0 heterocycles. The van der Waals surface area contributed by atoms with Gasteiger partial charge >= 0.3 is 17.9 Å². The third-order valence-corrected chi connectivity index (χ3v) is 13.1. The molecule has 1 rings (SSSR count). The summed E-state index contributed by atoms with van der Waals surface area (Å²) in [5.41, 5.74) is 1.42. The van der Waals surface area contributed by atoms with E-state index in [9.17, 15) is 14.4 Å². The first kappa shape index (κ1) is 71.2. The second-order valence-electron chi connectivity index (χ2n) is 20.5. The first-order chi connectivity index (χ1) is 33.5. The fourth-order valence-electron chi connectivity index (χ4n) is 8.08. The third kappa shape index (κ3) is 53.6. The van der Waals surface area contributed by atoms with E-state index in [4.69, 9.17) is 18.9 Å². The molecule has 0 spiro atoms. The van der Waals surface area contributed by atoms with E-state index in [0.29, 0.717) is 44.1 Å². The maximum atomic E-state index is 12.8. The molecule has 1 aliphatic carbocycles. The van der Waals surface area contributed by atoms with Crippen LogP contribution in [0.4, 0.5) is 0 Å². The molecule has 69 heavy (non-hydrogen) atoms. The first-order valence-electron chi connectivity index (χ1n) is 30.4. The van der Waals surface area contributed by atoms with Gasteiger partial charge < -0.3 is 18.9 Å². The molecule has 0 saturated heterocycles. The number of carbonyl (C=O) groups is 3. The molecule has 7 nitrogen and oxygen atoms in total. The molecule has 7 heteroatoms. The molecule has 3 atom stereocenters. The van der Waals surface area contributed by atoms with Gasteiger partial charge in [0, 0.05) is 25.7 Å². The third-order valence-electron chi connectivity index (χ3n) is 13.1. The highest BCUT2D eigenvalue weighted by Gasteiger charge is 2.22. The Morgan fingerprint density at radius 3 is 1.13 bits per heavy atom. The Bertz CT molecular complexity index is 1110. The Hall–Kier alpha value is -2.05. The number of hydrogen-bond acceptors (Lipinski definition) is 7. The van der Waals surface area contributed by atoms with Crippen molar-refractivity contribution in [1.29, 1.82) is 0 Å². The molecule has 0 radical (unpaired) electrons. The van der Waals surface area contributed by atoms with Gasteiger partial charge in [0.05, 0.1) is 19.0 Å². The standard InChI is InChI=1S/C49H90O7.C7H16.C4H10.C2H6/c1-6-11-15-19-21-25-31-42(29-23-17-13-8-3)39-53-46(44-37-38-44)33-27-36-49(52)56-45(10-5)41-55-48(51)35-28-34-47(50)54-40-43(30-24-18-14-9-4)32-26-22-20-16-12-7-2;1-4-5-6-7(2)3;1-3-4-2;1-2/h42-43,45H,6-41H2,1-5H3;7H,4-6H2,1-3H3;3-4H2,1-2H3;1-2H3. The Kier molecular flexibility index (Phi) is 58.7. The number of carbonyl (C=O) groups excluding carboxylic acids is 3. The van der Waals surface area contributed by atoms with Crippen molar-refractivity contribution in [1.82, 2.24) is 0 Å². The SMILES string of the molecule is CC.CCCC.CCCCC(C)C.CCCCCCCCC(CCCCCC)COC(=O)CCCC(=O)OCC(CC)OC(=O)CCCC(OCC(CCCCCC)CCCCCCCC)=C1CC1. The van der Waals surface area contributed by atoms with Crippen LogP contribution in [0.25, 0.3) is 0 Å². The second-order valence-corrected chi connectivity index (χ2v) is 20.5. The van der Waals surface area contributed by atoms with Crippen LogP contribution in [0.15, 0.2) is 11.3 Å². The molecule has 0 N–H and O–H groups in total. The van der Waals surface area contributed by atoms with Gasteiger partial charge in [-0.1, -0.05) is 244 Å². The number of ether oxygens (including phenoxy) is 4. The lowest BCUT2D eigenvalue weighted by Crippen LogP contribution is -2.24. The van der Waals surface area contributed by atoms with E-state index in [1.165, 1.54) is 179 Å². The molecule has 0 aromatic carbocycles. The van der Waals surface area contributed by atoms with Gasteiger partial charge in [-0.25, -0.2) is 0 Å². The van der Waals surface area contributed by atoms with Crippen molar-refractivity contribution in [2.45, 2.75) is 333 Å². The molecule has 1 fully saturated rings. The normalized spacial score (nSPS) is 12.9. The van der Waals surface area contributed by atoms with Crippen molar-refractivity contribution in [2.24, 2.45) is 17.8 Å². The zero-order chi connectivity index (χ0) is 52.0. The average Bonchev–Trinajstić information content (AvgIpc) is 4.21. The van der Waals surface area contributed by atoms with E-state index >= 15 is 0 Å². The van der Waals surface area contributed by atoms with Crippen molar-refractivity contribution in [3.8, 4) is 0 Å². The summed E-state index contributed by atoms with van der Waals surface area (Å²) in [6.45, 7) is 27.4. The second kappa shape index (κ2) is 56.9. The number of hydrogen-bond donors (Lipinski definition) is 0. The lowest BCUT2D eigenvalue weighted by atomic mass is 9.95. The topological polar surface area (TPSA) is 88.1 Å². The summed E-state index contributed by atoms with van der Waals surface area (Å²) in [5, 5.41) is 0. The number of esters is 3. The van der Waals surface area contributed by atoms with E-state index in [0.717, 1.165) is 50.4 Å². The van der Waals surface area contributed by atoms with Crippen LogP contribution in [0.5, 0.6) is 0 Å². The zero-order valence-electron chi connectivity index (χ0n) is 48.7. The quantitative estimate of drug-likeness (QED) is 0.0260. The Balaban J connectivity index is -0.00000295. The van der Waals surface area contributed by atoms with Gasteiger partial charge in [-0.3, -0.25) is 14.4 Å². The molecule has 3 unspecified atom stereocenters. The van der Waals surface area contributed by atoms with Crippen molar-refractivity contribution in [3.63, 3.8) is 0 Å². The van der Waals surface area contributed by atoms with Crippen LogP contribution in [0.2, 0.25) is 0 Å². The fraction of sp³-hybridized carbons (Fsp3) is 0.919. The number of rotatable bonds is 45. The predicted molar refractivity (Wildman–Crippen MR) is 299 cm³/mol. The van der Waals surface area contributed by atoms with E-state index in [1.807, 2.05) is 20.8 Å². The van der Waals surface area contributed by atoms with Crippen molar-refractivity contribution in [3.05, 3.63) is 11.3 Å². The summed E-state index contributed by atoms with van der Waals surface area (Å²) >= 11 is 0. The van der Waals surface area contributed by atoms with Gasteiger partial charge in [-0.05, 0) is 81.1 Å². The molecule has 0 aliphatic heterocycles. The minimum absolute atomic E-state index is 0.0420. The minimum Gasteiger partial charge on any atom is -0.498 e. The van der Waals surface area contributed by atoms with Gasteiger partial charge in [0.1, 0.15) is 12.7 Å². The van der Waals surface area contributed by atoms with E-state index < -0.39 is 6.10 Å². The summed E-state index contributed by atoms with van der Waals surface area (Å²) < 4.78 is 23.3. The molecule has 0 amide bonds. The van der Waals surface area contributed by atoms with Crippen LogP contribution >= 0.6 is 0 Å². The Morgan fingerprint density at radius 1 is 0.391 bits per heavy atom. The summed E-state index contributed by atoms with van der Waals surface area (Å²) in [6, 6.07) is 0. The van der Waals surface area contributed by atoms with Crippen molar-refractivity contribution in [2.75, 3.05) is 19.8 Å². The van der Waals surface area contributed by atoms with E-state index in [1.54, 1.807) is 0 Å². The lowest BCUT2D eigenvalue weighted by Gasteiger charge is -2.20. The van der Waals surface area contributed by atoms with Gasteiger partial charge in [0.15, 0.2) is 0 Å². The smallest absolute Gasteiger partial charge is 0.306 e. The zero-order valence-corrected chi connectivity index (χ0v) is 48.7. The first-order valence-corrected chi connectivity index (χ1v) is 30.4. The average molecular weight is 980 g/mol. The summed E-state index contributed by atoms with van der Waals surface area (Å²) in [4.78, 5) is 37.7. The molecule has 1 aliphatic rings. The molecule has 1 saturated carbocycles. The van der Waals surface area contributed by atoms with Crippen LogP contribution in [0.3, 0.4) is 0 Å². The highest BCUT2D eigenvalue weighted by Crippen LogP contribution is 2.35. The highest BCUT2D eigenvalue weighted by atomic mass is 16.6. The largest absolute Gasteiger partial charge is 0.498 e. The molecule has 0 aromatic heterocycles. The lowest BCUT2D eigenvalue weighted by molar-refractivity contribution is -0.159. The van der Waals surface area contributed by atoms with E-state index in [2.05, 4.69) is 62.3 Å². The maximum absolute atomic E-state index is 12.8. The van der Waals surface area contributed by atoms with Crippen LogP contribution in [0, 0.1) is 17.8 Å². The summed E-state index contributed by atoms with van der Waals surface area (Å²) in [7, 11) is 0.